The molecule has 1 heterocycles. The van der Waals surface area contributed by atoms with Gasteiger partial charge in [-0.1, -0.05) is 39.8 Å². The summed E-state index contributed by atoms with van der Waals surface area (Å²) in [6.07, 6.45) is 2.91. The summed E-state index contributed by atoms with van der Waals surface area (Å²) in [6.45, 7) is 8.06. The predicted molar refractivity (Wildman–Crippen MR) is 114 cm³/mol. The highest BCUT2D eigenvalue weighted by Gasteiger charge is 2.56. The van der Waals surface area contributed by atoms with Crippen LogP contribution < -0.4 is 15.4 Å². The Balaban J connectivity index is 1.68. The van der Waals surface area contributed by atoms with Gasteiger partial charge in [-0.3, -0.25) is 14.5 Å². The lowest BCUT2D eigenvalue weighted by atomic mass is 9.64. The van der Waals surface area contributed by atoms with E-state index < -0.39 is 11.6 Å². The van der Waals surface area contributed by atoms with Gasteiger partial charge in [-0.15, -0.1) is 0 Å². The van der Waals surface area contributed by atoms with Crippen LogP contribution in [0.2, 0.25) is 0 Å². The second-order valence-electron chi connectivity index (χ2n) is 9.56. The number of urea groups is 1. The lowest BCUT2D eigenvalue weighted by Crippen LogP contribution is -2.54. The summed E-state index contributed by atoms with van der Waals surface area (Å²) in [5.74, 6) is 0.446. The first-order valence-corrected chi connectivity index (χ1v) is 10.7. The average Bonchev–Trinajstić information content (AvgIpc) is 2.87. The van der Waals surface area contributed by atoms with Crippen molar-refractivity contribution < 1.29 is 19.1 Å². The number of hydrogen-bond donors (Lipinski definition) is 2. The van der Waals surface area contributed by atoms with E-state index in [2.05, 4.69) is 31.4 Å². The molecule has 2 fully saturated rings. The first-order valence-electron chi connectivity index (χ1n) is 10.7. The molecule has 1 saturated heterocycles. The molecule has 3 atom stereocenters. The number of carbonyl (C=O) groups excluding carboxylic acids is 3. The third-order valence-corrected chi connectivity index (χ3v) is 6.19. The summed E-state index contributed by atoms with van der Waals surface area (Å²) in [4.78, 5) is 39.6. The number of carbonyl (C=O) groups is 3. The summed E-state index contributed by atoms with van der Waals surface area (Å²) in [6, 6.07) is 6.82. The Kier molecular flexibility index (Phi) is 6.11. The molecule has 1 aromatic carbocycles. The van der Waals surface area contributed by atoms with E-state index in [9.17, 15) is 14.4 Å². The van der Waals surface area contributed by atoms with Gasteiger partial charge in [-0.2, -0.15) is 0 Å². The number of nitrogens with one attached hydrogen (secondary N) is 2. The van der Waals surface area contributed by atoms with Crippen molar-refractivity contribution in [3.05, 3.63) is 29.8 Å². The van der Waals surface area contributed by atoms with E-state index in [4.69, 9.17) is 4.74 Å². The molecular formula is C23H33N3O4. The zero-order chi connectivity index (χ0) is 22.1. The van der Waals surface area contributed by atoms with E-state index in [1.54, 1.807) is 7.11 Å². The second-order valence-corrected chi connectivity index (χ2v) is 9.56. The third-order valence-electron chi connectivity index (χ3n) is 6.19. The SMILES string of the molecule is CCC(NC(=O)CN1C(=O)NC2(CC(C)CC(C)(C)C2)C1=O)c1ccc(OC)cc1. The summed E-state index contributed by atoms with van der Waals surface area (Å²) >= 11 is 0. The summed E-state index contributed by atoms with van der Waals surface area (Å²) in [5, 5.41) is 5.87. The largest absolute Gasteiger partial charge is 0.497 e. The maximum Gasteiger partial charge on any atom is 0.325 e. The molecule has 7 heteroatoms. The van der Waals surface area contributed by atoms with Gasteiger partial charge in [0, 0.05) is 0 Å². The number of ether oxygens (including phenoxy) is 1. The molecule has 0 radical (unpaired) electrons. The van der Waals surface area contributed by atoms with Gasteiger partial charge in [0.15, 0.2) is 0 Å². The monoisotopic (exact) mass is 415 g/mol. The molecular weight excluding hydrogens is 382 g/mol. The highest BCUT2D eigenvalue weighted by Crippen LogP contribution is 2.46. The fourth-order valence-corrected chi connectivity index (χ4v) is 5.29. The standard InChI is InChI=1S/C23H33N3O4/c1-6-18(16-7-9-17(30-5)10-8-16)24-19(27)13-26-20(28)23(25-21(26)29)12-15(2)11-22(3,4)14-23/h7-10,15,18H,6,11-14H2,1-5H3,(H,24,27)(H,25,29). The molecule has 30 heavy (non-hydrogen) atoms. The maximum atomic E-state index is 13.2. The Bertz CT molecular complexity index is 820. The predicted octanol–water partition coefficient (Wildman–Crippen LogP) is 3.40. The van der Waals surface area contributed by atoms with Gasteiger partial charge >= 0.3 is 6.03 Å². The van der Waals surface area contributed by atoms with Crippen molar-refractivity contribution in [2.75, 3.05) is 13.7 Å². The Morgan fingerprint density at radius 1 is 1.27 bits per heavy atom. The van der Waals surface area contributed by atoms with E-state index in [0.717, 1.165) is 22.6 Å². The van der Waals surface area contributed by atoms with Crippen LogP contribution in [0.3, 0.4) is 0 Å². The fraction of sp³-hybridized carbons (Fsp3) is 0.609. The van der Waals surface area contributed by atoms with Gasteiger partial charge in [0.25, 0.3) is 5.91 Å². The molecule has 1 aliphatic heterocycles. The van der Waals surface area contributed by atoms with Crippen LogP contribution in [-0.2, 0) is 9.59 Å². The first-order chi connectivity index (χ1) is 14.1. The Morgan fingerprint density at radius 3 is 2.50 bits per heavy atom. The van der Waals surface area contributed by atoms with Crippen LogP contribution in [0.25, 0.3) is 0 Å². The highest BCUT2D eigenvalue weighted by atomic mass is 16.5. The molecule has 1 aromatic rings. The van der Waals surface area contributed by atoms with E-state index >= 15 is 0 Å². The topological polar surface area (TPSA) is 87.7 Å². The van der Waals surface area contributed by atoms with E-state index in [0.29, 0.717) is 25.2 Å². The molecule has 0 bridgehead atoms. The molecule has 1 saturated carbocycles. The molecule has 3 unspecified atom stereocenters. The number of amides is 4. The number of nitrogens with zero attached hydrogens (tertiary/aromatic N) is 1. The van der Waals surface area contributed by atoms with Crippen molar-refractivity contribution in [3.63, 3.8) is 0 Å². The normalized spacial score (nSPS) is 26.4. The van der Waals surface area contributed by atoms with Crippen LogP contribution in [0.5, 0.6) is 5.75 Å². The molecule has 1 aliphatic carbocycles. The Hall–Kier alpha value is -2.57. The average molecular weight is 416 g/mol. The van der Waals surface area contributed by atoms with E-state index in [1.807, 2.05) is 31.2 Å². The molecule has 7 nitrogen and oxygen atoms in total. The van der Waals surface area contributed by atoms with Crippen LogP contribution in [0, 0.1) is 11.3 Å². The summed E-state index contributed by atoms with van der Waals surface area (Å²) < 4.78 is 5.18. The van der Waals surface area contributed by atoms with Gasteiger partial charge in [0.1, 0.15) is 17.8 Å². The molecule has 4 amide bonds. The van der Waals surface area contributed by atoms with Crippen molar-refractivity contribution >= 4 is 17.8 Å². The number of imide groups is 1. The fourth-order valence-electron chi connectivity index (χ4n) is 5.29. The van der Waals surface area contributed by atoms with E-state index in [-0.39, 0.29) is 29.8 Å². The zero-order valence-electron chi connectivity index (χ0n) is 18.6. The second kappa shape index (κ2) is 8.28. The van der Waals surface area contributed by atoms with Gasteiger partial charge in [0.2, 0.25) is 5.91 Å². The number of benzene rings is 1. The van der Waals surface area contributed by atoms with Crippen molar-refractivity contribution in [2.45, 2.75) is 65.0 Å². The minimum absolute atomic E-state index is 0.0411. The maximum absolute atomic E-state index is 13.2. The van der Waals surface area contributed by atoms with Crippen LogP contribution in [0.4, 0.5) is 4.79 Å². The van der Waals surface area contributed by atoms with E-state index in [1.165, 1.54) is 0 Å². The minimum Gasteiger partial charge on any atom is -0.497 e. The van der Waals surface area contributed by atoms with Gasteiger partial charge in [-0.05, 0) is 54.7 Å². The number of hydrogen-bond acceptors (Lipinski definition) is 4. The van der Waals surface area contributed by atoms with Crippen LogP contribution in [-0.4, -0.2) is 41.9 Å². The molecule has 164 valence electrons. The molecule has 2 aliphatic rings. The number of methoxy groups -OCH3 is 1. The van der Waals surface area contributed by atoms with Crippen LogP contribution in [0.1, 0.15) is 65.0 Å². The van der Waals surface area contributed by atoms with Crippen molar-refractivity contribution in [1.82, 2.24) is 15.5 Å². The molecule has 0 aromatic heterocycles. The zero-order valence-corrected chi connectivity index (χ0v) is 18.6. The lowest BCUT2D eigenvalue weighted by Gasteiger charge is -2.43. The number of rotatable bonds is 6. The summed E-state index contributed by atoms with van der Waals surface area (Å²) in [5.41, 5.74) is 0.0161. The minimum atomic E-state index is -0.890. The first kappa shape index (κ1) is 22.1. The highest BCUT2D eigenvalue weighted by molar-refractivity contribution is 6.09. The smallest absolute Gasteiger partial charge is 0.325 e. The van der Waals surface area contributed by atoms with Gasteiger partial charge in [0.05, 0.1) is 13.2 Å². The molecule has 3 rings (SSSR count). The van der Waals surface area contributed by atoms with Gasteiger partial charge in [-0.25, -0.2) is 4.79 Å². The quantitative estimate of drug-likeness (QED) is 0.697. The van der Waals surface area contributed by atoms with Crippen LogP contribution in [0.15, 0.2) is 24.3 Å². The Morgan fingerprint density at radius 2 is 1.93 bits per heavy atom. The van der Waals surface area contributed by atoms with Crippen molar-refractivity contribution in [3.8, 4) is 5.75 Å². The lowest BCUT2D eigenvalue weighted by molar-refractivity contribution is -0.137. The third kappa shape index (κ3) is 4.45. The van der Waals surface area contributed by atoms with Crippen LogP contribution >= 0.6 is 0 Å². The molecule has 2 N–H and O–H groups in total. The summed E-state index contributed by atoms with van der Waals surface area (Å²) in [7, 11) is 1.60. The van der Waals surface area contributed by atoms with Crippen molar-refractivity contribution in [1.29, 1.82) is 0 Å². The molecule has 1 spiro atoms. The van der Waals surface area contributed by atoms with Crippen molar-refractivity contribution in [2.24, 2.45) is 11.3 Å². The Labute approximate surface area is 178 Å². The van der Waals surface area contributed by atoms with Gasteiger partial charge < -0.3 is 15.4 Å².